The molecule has 3 aromatic heterocycles. The summed E-state index contributed by atoms with van der Waals surface area (Å²) in [6.45, 7) is 1.70. The molecule has 0 aliphatic carbocycles. The van der Waals surface area contributed by atoms with Crippen LogP contribution in [0.4, 0.5) is 9.52 Å². The molecule has 0 saturated heterocycles. The van der Waals surface area contributed by atoms with Crippen LogP contribution in [0.5, 0.6) is 0 Å². The zero-order valence-corrected chi connectivity index (χ0v) is 27.1. The Hall–Kier alpha value is -5.57. The summed E-state index contributed by atoms with van der Waals surface area (Å²) in [5, 5.41) is 14.1. The fourth-order valence-corrected chi connectivity index (χ4v) is 6.00. The summed E-state index contributed by atoms with van der Waals surface area (Å²) in [5.74, 6) is -0.0576. The van der Waals surface area contributed by atoms with Gasteiger partial charge in [-0.2, -0.15) is 5.26 Å². The van der Waals surface area contributed by atoms with E-state index in [-0.39, 0.29) is 24.1 Å². The molecule has 0 unspecified atom stereocenters. The number of rotatable bonds is 12. The Balaban J connectivity index is 1.22. The third-order valence-corrected chi connectivity index (χ3v) is 8.76. The summed E-state index contributed by atoms with van der Waals surface area (Å²) in [5.41, 5.74) is 6.42. The van der Waals surface area contributed by atoms with Crippen molar-refractivity contribution in [2.75, 3.05) is 12.4 Å². The quantitative estimate of drug-likeness (QED) is 0.144. The van der Waals surface area contributed by atoms with Gasteiger partial charge < -0.3 is 9.30 Å². The minimum atomic E-state index is -0.833. The van der Waals surface area contributed by atoms with Crippen molar-refractivity contribution in [3.05, 3.63) is 130 Å². The van der Waals surface area contributed by atoms with Crippen molar-refractivity contribution in [1.29, 1.82) is 5.26 Å². The van der Waals surface area contributed by atoms with Gasteiger partial charge in [0, 0.05) is 41.9 Å². The number of aromatic nitrogens is 4. The van der Waals surface area contributed by atoms with Crippen LogP contribution in [0.3, 0.4) is 0 Å². The van der Waals surface area contributed by atoms with Crippen molar-refractivity contribution in [3.63, 3.8) is 0 Å². The molecule has 0 radical (unpaired) electrons. The fraction of sp³-hybridized carbons (Fsp3) is 0.189. The number of nitrogens with zero attached hydrogens (tertiary/aromatic N) is 5. The number of carbonyl (C=O) groups excluding carboxylic acids is 2. The van der Waals surface area contributed by atoms with E-state index in [1.54, 1.807) is 35.8 Å². The summed E-state index contributed by atoms with van der Waals surface area (Å²) in [7, 11) is 1.49. The molecule has 240 valence electrons. The average molecular weight is 659 g/mol. The van der Waals surface area contributed by atoms with Crippen LogP contribution in [0.15, 0.2) is 90.4 Å². The van der Waals surface area contributed by atoms with E-state index in [0.717, 1.165) is 33.9 Å². The highest BCUT2D eigenvalue weighted by Gasteiger charge is 2.23. The Kier molecular flexibility index (Phi) is 9.75. The first-order valence-corrected chi connectivity index (χ1v) is 16.2. The number of halogens is 1. The standard InChI is InChI=1S/C37H31FN6O3S/c1-23(45)28-13-15-32-33(20-28)44(22-34(47-2)36(46)43-37-40-16-17-48-37)35(42-32)19-24-6-10-27(11-7-24)31-5-3-4-29(41-31)14-12-26-9-8-25(21-39)18-30(26)38/h3-11,13,15-18,20,34H,12,14,19,22H2,1-2H3,(H,40,43,46)/t34-/m0/s1. The molecular formula is C37H31FN6O3S. The topological polar surface area (TPSA) is 123 Å². The van der Waals surface area contributed by atoms with Crippen LogP contribution >= 0.6 is 11.3 Å². The number of thiazole rings is 1. The van der Waals surface area contributed by atoms with Crippen molar-refractivity contribution in [2.24, 2.45) is 0 Å². The largest absolute Gasteiger partial charge is 0.370 e. The van der Waals surface area contributed by atoms with E-state index in [0.29, 0.717) is 46.6 Å². The maximum absolute atomic E-state index is 14.4. The molecular weight excluding hydrogens is 628 g/mol. The van der Waals surface area contributed by atoms with E-state index in [1.807, 2.05) is 59.2 Å². The first kappa shape index (κ1) is 32.4. The molecule has 1 amide bonds. The molecule has 0 aliphatic heterocycles. The van der Waals surface area contributed by atoms with Crippen LogP contribution in [0.2, 0.25) is 0 Å². The van der Waals surface area contributed by atoms with Crippen LogP contribution in [0.1, 0.15) is 45.5 Å². The molecule has 1 N–H and O–H groups in total. The highest BCUT2D eigenvalue weighted by atomic mass is 32.1. The van der Waals surface area contributed by atoms with Gasteiger partial charge in [-0.1, -0.05) is 36.4 Å². The number of nitrogens with one attached hydrogen (secondary N) is 1. The van der Waals surface area contributed by atoms with Gasteiger partial charge in [0.05, 0.1) is 34.9 Å². The van der Waals surface area contributed by atoms with Crippen LogP contribution in [0.25, 0.3) is 22.3 Å². The third kappa shape index (κ3) is 7.36. The minimum Gasteiger partial charge on any atom is -0.370 e. The number of ketones is 1. The van der Waals surface area contributed by atoms with Crippen molar-refractivity contribution in [2.45, 2.75) is 38.8 Å². The van der Waals surface area contributed by atoms with E-state index in [4.69, 9.17) is 20.0 Å². The molecule has 1 atom stereocenters. The van der Waals surface area contributed by atoms with E-state index < -0.39 is 6.10 Å². The van der Waals surface area contributed by atoms with Gasteiger partial charge in [0.25, 0.3) is 5.91 Å². The number of pyridine rings is 1. The first-order valence-electron chi connectivity index (χ1n) is 15.3. The second kappa shape index (κ2) is 14.5. The SMILES string of the molecule is CO[C@@H](Cn1c(Cc2ccc(-c3cccc(CCc4ccc(C#N)cc4F)n3)cc2)nc2ccc(C(C)=O)cc21)C(=O)Nc1nccs1. The van der Waals surface area contributed by atoms with Gasteiger partial charge in [-0.25, -0.2) is 14.4 Å². The molecule has 3 heterocycles. The molecule has 48 heavy (non-hydrogen) atoms. The zero-order valence-electron chi connectivity index (χ0n) is 26.3. The zero-order chi connectivity index (χ0) is 33.6. The average Bonchev–Trinajstić information content (AvgIpc) is 3.73. The Morgan fingerprint density at radius 3 is 2.58 bits per heavy atom. The maximum atomic E-state index is 14.4. The number of aryl methyl sites for hydroxylation is 2. The maximum Gasteiger partial charge on any atom is 0.257 e. The molecule has 6 rings (SSSR count). The molecule has 11 heteroatoms. The number of hydrogen-bond acceptors (Lipinski definition) is 8. The van der Waals surface area contributed by atoms with E-state index in [1.165, 1.54) is 31.4 Å². The van der Waals surface area contributed by atoms with Gasteiger partial charge in [-0.05, 0) is 73.4 Å². The molecule has 0 bridgehead atoms. The van der Waals surface area contributed by atoms with E-state index >= 15 is 0 Å². The Morgan fingerprint density at radius 2 is 1.88 bits per heavy atom. The number of anilines is 1. The predicted octanol–water partition coefficient (Wildman–Crippen LogP) is 6.80. The van der Waals surface area contributed by atoms with Gasteiger partial charge in [-0.3, -0.25) is 19.9 Å². The number of amides is 1. The lowest BCUT2D eigenvalue weighted by Gasteiger charge is -2.17. The van der Waals surface area contributed by atoms with Crippen LogP contribution in [-0.2, 0) is 35.3 Å². The first-order chi connectivity index (χ1) is 23.3. The number of fused-ring (bicyclic) bond motifs is 1. The van der Waals surface area contributed by atoms with Gasteiger partial charge in [0.1, 0.15) is 11.6 Å². The third-order valence-electron chi connectivity index (χ3n) is 8.07. The molecule has 0 fully saturated rings. The lowest BCUT2D eigenvalue weighted by Crippen LogP contribution is -2.34. The normalized spacial score (nSPS) is 11.7. The molecule has 9 nitrogen and oxygen atoms in total. The predicted molar refractivity (Wildman–Crippen MR) is 182 cm³/mol. The van der Waals surface area contributed by atoms with Gasteiger partial charge in [-0.15, -0.1) is 11.3 Å². The molecule has 0 aliphatic rings. The summed E-state index contributed by atoms with van der Waals surface area (Å²) in [6.07, 6.45) is 2.28. The van der Waals surface area contributed by atoms with Crippen LogP contribution in [-0.4, -0.2) is 44.4 Å². The van der Waals surface area contributed by atoms with Gasteiger partial charge in [0.15, 0.2) is 17.0 Å². The molecule has 0 spiro atoms. The second-order valence-electron chi connectivity index (χ2n) is 11.3. The fourth-order valence-electron chi connectivity index (χ4n) is 5.47. The van der Waals surface area contributed by atoms with Gasteiger partial charge in [0.2, 0.25) is 0 Å². The minimum absolute atomic E-state index is 0.0642. The Morgan fingerprint density at radius 1 is 1.04 bits per heavy atom. The number of benzene rings is 3. The van der Waals surface area contributed by atoms with Crippen LogP contribution in [0, 0.1) is 17.1 Å². The Labute approximate surface area is 280 Å². The van der Waals surface area contributed by atoms with Crippen molar-refractivity contribution in [3.8, 4) is 17.3 Å². The second-order valence-corrected chi connectivity index (χ2v) is 12.1. The molecule has 3 aromatic carbocycles. The summed E-state index contributed by atoms with van der Waals surface area (Å²) in [4.78, 5) is 39.2. The van der Waals surface area contributed by atoms with E-state index in [9.17, 15) is 14.0 Å². The number of hydrogen-bond donors (Lipinski definition) is 1. The summed E-state index contributed by atoms with van der Waals surface area (Å²) in [6, 6.07) is 25.7. The monoisotopic (exact) mass is 658 g/mol. The number of ether oxygens (including phenoxy) is 1. The summed E-state index contributed by atoms with van der Waals surface area (Å²) >= 11 is 1.32. The Bertz CT molecular complexity index is 2140. The van der Waals surface area contributed by atoms with Crippen molar-refractivity contribution in [1.82, 2.24) is 19.5 Å². The van der Waals surface area contributed by atoms with Gasteiger partial charge >= 0.3 is 0 Å². The van der Waals surface area contributed by atoms with Crippen molar-refractivity contribution >= 4 is 39.2 Å². The highest BCUT2D eigenvalue weighted by Crippen LogP contribution is 2.24. The number of nitriles is 1. The lowest BCUT2D eigenvalue weighted by molar-refractivity contribution is -0.126. The van der Waals surface area contributed by atoms with E-state index in [2.05, 4.69) is 10.3 Å². The number of carbonyl (C=O) groups is 2. The number of imidazole rings is 1. The number of Topliss-reactive ketones (excluding diaryl/α,β-unsaturated/α-hetero) is 1. The highest BCUT2D eigenvalue weighted by molar-refractivity contribution is 7.13. The van der Waals surface area contributed by atoms with Crippen molar-refractivity contribution < 1.29 is 18.7 Å². The number of methoxy groups -OCH3 is 1. The lowest BCUT2D eigenvalue weighted by atomic mass is 10.0. The summed E-state index contributed by atoms with van der Waals surface area (Å²) < 4.78 is 21.9. The smallest absolute Gasteiger partial charge is 0.257 e. The molecule has 6 aromatic rings. The molecule has 0 saturated carbocycles. The van der Waals surface area contributed by atoms with Crippen LogP contribution < -0.4 is 5.32 Å².